The Labute approximate surface area is 150 Å². The van der Waals surface area contributed by atoms with Crippen molar-refractivity contribution in [1.82, 2.24) is 14.8 Å². The van der Waals surface area contributed by atoms with Gasteiger partial charge in [-0.05, 0) is 31.4 Å². The lowest BCUT2D eigenvalue weighted by atomic mass is 9.91. The number of nitrogens with zero attached hydrogens (tertiary/aromatic N) is 3. The third-order valence-electron chi connectivity index (χ3n) is 5.20. The predicted molar refractivity (Wildman–Crippen MR) is 95.1 cm³/mol. The second kappa shape index (κ2) is 8.25. The summed E-state index contributed by atoms with van der Waals surface area (Å²) < 4.78 is 11.5. The van der Waals surface area contributed by atoms with Gasteiger partial charge < -0.3 is 14.4 Å². The molecule has 0 spiro atoms. The Morgan fingerprint density at radius 1 is 1.40 bits per heavy atom. The fourth-order valence-electron chi connectivity index (χ4n) is 3.75. The Bertz CT molecular complexity index is 593. The average Bonchev–Trinajstić information content (AvgIpc) is 3.12. The number of likely N-dealkylation sites (tertiary alicyclic amines) is 1. The standard InChI is InChI=1S/C19H29N3O3/c1-14-5-4-6-16(20-14)9-22-10-17-15(12-25-18(17)11-22)7-8-24-13-19(23)21(2)3/h4-6,15,17-18H,7-13H2,1-3H3/t15-,17-,18-/m1/s1. The van der Waals surface area contributed by atoms with Crippen LogP contribution in [0.2, 0.25) is 0 Å². The first-order valence-corrected chi connectivity index (χ1v) is 9.07. The molecule has 1 aromatic rings. The van der Waals surface area contributed by atoms with Gasteiger partial charge in [0.1, 0.15) is 6.61 Å². The normalized spacial score (nSPS) is 26.0. The molecule has 0 unspecified atom stereocenters. The summed E-state index contributed by atoms with van der Waals surface area (Å²) in [6.45, 7) is 6.56. The number of pyridine rings is 1. The van der Waals surface area contributed by atoms with Crippen LogP contribution in [0.25, 0.3) is 0 Å². The third kappa shape index (κ3) is 4.77. The Kier molecular flexibility index (Phi) is 6.04. The van der Waals surface area contributed by atoms with E-state index in [-0.39, 0.29) is 12.5 Å². The van der Waals surface area contributed by atoms with Crippen molar-refractivity contribution in [3.63, 3.8) is 0 Å². The quantitative estimate of drug-likeness (QED) is 0.697. The molecule has 138 valence electrons. The van der Waals surface area contributed by atoms with Gasteiger partial charge in [0, 0.05) is 51.9 Å². The molecule has 2 fully saturated rings. The molecule has 0 radical (unpaired) electrons. The van der Waals surface area contributed by atoms with E-state index < -0.39 is 0 Å². The topological polar surface area (TPSA) is 54.9 Å². The largest absolute Gasteiger partial charge is 0.376 e. The number of fused-ring (bicyclic) bond motifs is 1. The van der Waals surface area contributed by atoms with Crippen molar-refractivity contribution >= 4 is 5.91 Å². The minimum atomic E-state index is 0.0123. The third-order valence-corrected chi connectivity index (χ3v) is 5.20. The molecule has 1 aromatic heterocycles. The summed E-state index contributed by atoms with van der Waals surface area (Å²) >= 11 is 0. The Morgan fingerprint density at radius 2 is 2.24 bits per heavy atom. The minimum absolute atomic E-state index is 0.0123. The number of likely N-dealkylation sites (N-methyl/N-ethyl adjacent to an activating group) is 1. The molecule has 1 amide bonds. The smallest absolute Gasteiger partial charge is 0.248 e. The van der Waals surface area contributed by atoms with Gasteiger partial charge >= 0.3 is 0 Å². The second-order valence-corrected chi connectivity index (χ2v) is 7.39. The first-order valence-electron chi connectivity index (χ1n) is 9.07. The number of hydrogen-bond acceptors (Lipinski definition) is 5. The molecule has 3 atom stereocenters. The molecule has 6 heteroatoms. The average molecular weight is 347 g/mol. The summed E-state index contributed by atoms with van der Waals surface area (Å²) in [5.74, 6) is 1.10. The summed E-state index contributed by atoms with van der Waals surface area (Å²) in [7, 11) is 3.49. The maximum Gasteiger partial charge on any atom is 0.248 e. The number of carbonyl (C=O) groups is 1. The van der Waals surface area contributed by atoms with Gasteiger partial charge in [-0.2, -0.15) is 0 Å². The highest BCUT2D eigenvalue weighted by molar-refractivity contribution is 5.76. The SMILES string of the molecule is Cc1cccc(CN2C[C@@H]3[C@H](CCOCC(=O)N(C)C)CO[C@@H]3C2)n1. The van der Waals surface area contributed by atoms with Gasteiger partial charge in [-0.1, -0.05) is 6.07 Å². The van der Waals surface area contributed by atoms with Crippen LogP contribution in [0.3, 0.4) is 0 Å². The van der Waals surface area contributed by atoms with Crippen LogP contribution in [-0.2, 0) is 20.8 Å². The van der Waals surface area contributed by atoms with E-state index in [4.69, 9.17) is 9.47 Å². The highest BCUT2D eigenvalue weighted by Crippen LogP contribution is 2.35. The summed E-state index contributed by atoms with van der Waals surface area (Å²) in [6, 6.07) is 6.19. The number of amides is 1. The maximum atomic E-state index is 11.5. The maximum absolute atomic E-state index is 11.5. The predicted octanol–water partition coefficient (Wildman–Crippen LogP) is 1.33. The van der Waals surface area contributed by atoms with E-state index in [1.807, 2.05) is 13.0 Å². The Balaban J connectivity index is 1.43. The van der Waals surface area contributed by atoms with E-state index in [1.54, 1.807) is 19.0 Å². The zero-order chi connectivity index (χ0) is 17.8. The number of ether oxygens (including phenoxy) is 2. The van der Waals surface area contributed by atoms with Gasteiger partial charge in [0.25, 0.3) is 0 Å². The lowest BCUT2D eigenvalue weighted by Crippen LogP contribution is -2.27. The van der Waals surface area contributed by atoms with Crippen LogP contribution >= 0.6 is 0 Å². The van der Waals surface area contributed by atoms with Crippen molar-refractivity contribution in [2.24, 2.45) is 11.8 Å². The zero-order valence-electron chi connectivity index (χ0n) is 15.5. The summed E-state index contributed by atoms with van der Waals surface area (Å²) in [6.07, 6.45) is 1.29. The van der Waals surface area contributed by atoms with Crippen molar-refractivity contribution in [3.8, 4) is 0 Å². The molecule has 3 heterocycles. The van der Waals surface area contributed by atoms with Crippen LogP contribution in [-0.4, -0.2) is 73.8 Å². The van der Waals surface area contributed by atoms with Crippen molar-refractivity contribution in [2.45, 2.75) is 26.0 Å². The first-order chi connectivity index (χ1) is 12.0. The number of carbonyl (C=O) groups excluding carboxylic acids is 1. The second-order valence-electron chi connectivity index (χ2n) is 7.39. The molecule has 0 N–H and O–H groups in total. The number of aromatic nitrogens is 1. The van der Waals surface area contributed by atoms with Crippen molar-refractivity contribution in [2.75, 3.05) is 47.0 Å². The van der Waals surface area contributed by atoms with Crippen molar-refractivity contribution in [1.29, 1.82) is 0 Å². The summed E-state index contributed by atoms with van der Waals surface area (Å²) in [5, 5.41) is 0. The van der Waals surface area contributed by atoms with Crippen LogP contribution < -0.4 is 0 Å². The Hall–Kier alpha value is -1.50. The molecular formula is C19H29N3O3. The van der Waals surface area contributed by atoms with Gasteiger partial charge in [0.15, 0.2) is 0 Å². The number of rotatable bonds is 7. The number of hydrogen-bond donors (Lipinski definition) is 0. The van der Waals surface area contributed by atoms with Crippen LogP contribution in [0.4, 0.5) is 0 Å². The summed E-state index contributed by atoms with van der Waals surface area (Å²) in [5.41, 5.74) is 2.19. The van der Waals surface area contributed by atoms with Crippen LogP contribution in [0.15, 0.2) is 18.2 Å². The number of aryl methyl sites for hydroxylation is 1. The fraction of sp³-hybridized carbons (Fsp3) is 0.684. The van der Waals surface area contributed by atoms with E-state index in [1.165, 1.54) is 0 Å². The fourth-order valence-corrected chi connectivity index (χ4v) is 3.75. The van der Waals surface area contributed by atoms with Gasteiger partial charge in [0.05, 0.1) is 18.4 Å². The molecular weight excluding hydrogens is 318 g/mol. The molecule has 0 bridgehead atoms. The van der Waals surface area contributed by atoms with E-state index in [0.29, 0.717) is 24.5 Å². The van der Waals surface area contributed by atoms with E-state index in [2.05, 4.69) is 22.0 Å². The van der Waals surface area contributed by atoms with E-state index in [9.17, 15) is 4.79 Å². The molecule has 2 aliphatic heterocycles. The van der Waals surface area contributed by atoms with Crippen LogP contribution in [0.1, 0.15) is 17.8 Å². The lowest BCUT2D eigenvalue weighted by Gasteiger charge is -2.19. The molecule has 6 nitrogen and oxygen atoms in total. The first kappa shape index (κ1) is 18.3. The van der Waals surface area contributed by atoms with Gasteiger partial charge in [-0.25, -0.2) is 0 Å². The van der Waals surface area contributed by atoms with E-state index >= 15 is 0 Å². The minimum Gasteiger partial charge on any atom is -0.376 e. The zero-order valence-corrected chi connectivity index (χ0v) is 15.5. The van der Waals surface area contributed by atoms with Crippen LogP contribution in [0.5, 0.6) is 0 Å². The molecule has 3 rings (SSSR count). The highest BCUT2D eigenvalue weighted by Gasteiger charge is 2.43. The van der Waals surface area contributed by atoms with Gasteiger partial charge in [0.2, 0.25) is 5.91 Å². The molecule has 0 aromatic carbocycles. The monoisotopic (exact) mass is 347 g/mol. The van der Waals surface area contributed by atoms with Crippen molar-refractivity contribution < 1.29 is 14.3 Å². The molecule has 25 heavy (non-hydrogen) atoms. The van der Waals surface area contributed by atoms with E-state index in [0.717, 1.165) is 44.0 Å². The Morgan fingerprint density at radius 3 is 3.00 bits per heavy atom. The molecule has 2 saturated heterocycles. The highest BCUT2D eigenvalue weighted by atomic mass is 16.5. The van der Waals surface area contributed by atoms with Crippen LogP contribution in [0, 0.1) is 18.8 Å². The van der Waals surface area contributed by atoms with Gasteiger partial charge in [-0.3, -0.25) is 14.7 Å². The lowest BCUT2D eigenvalue weighted by molar-refractivity contribution is -0.133. The summed E-state index contributed by atoms with van der Waals surface area (Å²) in [4.78, 5) is 20.1. The van der Waals surface area contributed by atoms with Gasteiger partial charge in [-0.15, -0.1) is 0 Å². The molecule has 0 aliphatic carbocycles. The molecule has 0 saturated carbocycles. The molecule has 2 aliphatic rings. The van der Waals surface area contributed by atoms with Crippen molar-refractivity contribution in [3.05, 3.63) is 29.6 Å².